The van der Waals surface area contributed by atoms with Crippen LogP contribution in [-0.4, -0.2) is 93.4 Å². The number of H-pyrrole nitrogens is 3. The number of alkyl halides is 1. The topological polar surface area (TPSA) is 210 Å². The van der Waals surface area contributed by atoms with E-state index >= 15 is 0 Å². The van der Waals surface area contributed by atoms with Crippen LogP contribution in [0.25, 0.3) is 21.8 Å². The van der Waals surface area contributed by atoms with E-state index in [1.807, 2.05) is 6.92 Å². The van der Waals surface area contributed by atoms with Gasteiger partial charge in [-0.05, 0) is 54.2 Å². The van der Waals surface area contributed by atoms with Crippen molar-refractivity contribution in [2.45, 2.75) is 25.7 Å². The van der Waals surface area contributed by atoms with Crippen molar-refractivity contribution in [3.8, 4) is 23.0 Å². The minimum Gasteiger partial charge on any atom is -0.503 e. The summed E-state index contributed by atoms with van der Waals surface area (Å²) in [7, 11) is 2.76. The van der Waals surface area contributed by atoms with Gasteiger partial charge in [0.1, 0.15) is 11.4 Å². The SMILES string of the molecule is COc1c(O)c2c(c3cc(C(=O)N4CCc5c4c(O)c(OC)c4[nH]c(C(=O)N6C[C@H](CCl)C7C6=CC(=O)c6[nH]cc(C)c67)cc54)[nH]c13)CCN2C(N)=O. The van der Waals surface area contributed by atoms with E-state index in [1.165, 1.54) is 30.1 Å². The van der Waals surface area contributed by atoms with Crippen LogP contribution in [0.15, 0.2) is 30.1 Å². The number of fused-ring (bicyclic) bond motifs is 9. The Labute approximate surface area is 305 Å². The number of halogens is 1. The highest BCUT2D eigenvalue weighted by molar-refractivity contribution is 6.18. The molecule has 1 fully saturated rings. The fourth-order valence-electron chi connectivity index (χ4n) is 8.93. The molecule has 4 amide bonds. The molecule has 53 heavy (non-hydrogen) atoms. The zero-order valence-corrected chi connectivity index (χ0v) is 29.6. The number of aromatic amines is 3. The predicted molar refractivity (Wildman–Crippen MR) is 195 cm³/mol. The first-order valence-corrected chi connectivity index (χ1v) is 17.6. The van der Waals surface area contributed by atoms with Crippen LogP contribution in [0.1, 0.15) is 59.6 Å². The zero-order chi connectivity index (χ0) is 37.2. The summed E-state index contributed by atoms with van der Waals surface area (Å²) in [5, 5.41) is 23.9. The molecule has 272 valence electrons. The van der Waals surface area contributed by atoms with Gasteiger partial charge in [0.25, 0.3) is 11.8 Å². The Morgan fingerprint density at radius 3 is 2.00 bits per heavy atom. The number of primary amides is 1. The number of urea groups is 1. The van der Waals surface area contributed by atoms with E-state index in [4.69, 9.17) is 26.8 Å². The number of rotatable bonds is 5. The van der Waals surface area contributed by atoms with Crippen molar-refractivity contribution in [2.24, 2.45) is 11.7 Å². The van der Waals surface area contributed by atoms with E-state index in [-0.39, 0.29) is 88.3 Å². The number of carbonyl (C=O) groups is 4. The lowest BCUT2D eigenvalue weighted by Gasteiger charge is -2.24. The molecular weight excluding hydrogens is 706 g/mol. The van der Waals surface area contributed by atoms with Crippen molar-refractivity contribution in [3.63, 3.8) is 0 Å². The number of anilines is 2. The Morgan fingerprint density at radius 2 is 1.45 bits per heavy atom. The number of phenols is 2. The summed E-state index contributed by atoms with van der Waals surface area (Å²) in [6.07, 6.45) is 4.07. The van der Waals surface area contributed by atoms with Crippen molar-refractivity contribution < 1.29 is 38.9 Å². The maximum atomic E-state index is 14.3. The number of nitrogens with two attached hydrogens (primary N) is 1. The van der Waals surface area contributed by atoms with Crippen LogP contribution < -0.4 is 25.0 Å². The molecule has 1 saturated heterocycles. The van der Waals surface area contributed by atoms with Crippen molar-refractivity contribution in [1.29, 1.82) is 0 Å². The van der Waals surface area contributed by atoms with Gasteiger partial charge in [-0.15, -0.1) is 11.6 Å². The number of aromatic nitrogens is 3. The number of ketones is 1. The number of nitrogens with zero attached hydrogens (tertiary/aromatic N) is 3. The van der Waals surface area contributed by atoms with E-state index in [9.17, 15) is 29.4 Å². The van der Waals surface area contributed by atoms with E-state index in [0.717, 1.165) is 11.1 Å². The van der Waals surface area contributed by atoms with Gasteiger partial charge in [-0.2, -0.15) is 0 Å². The first-order chi connectivity index (χ1) is 25.5. The first-order valence-electron chi connectivity index (χ1n) is 17.1. The van der Waals surface area contributed by atoms with E-state index in [1.54, 1.807) is 23.2 Å². The Morgan fingerprint density at radius 1 is 0.906 bits per heavy atom. The summed E-state index contributed by atoms with van der Waals surface area (Å²) in [5.41, 5.74) is 11.4. The van der Waals surface area contributed by atoms with Gasteiger partial charge in [0.05, 0.1) is 42.3 Å². The van der Waals surface area contributed by atoms with Gasteiger partial charge < -0.3 is 50.2 Å². The minimum absolute atomic E-state index is 0.0576. The average molecular weight is 740 g/mol. The number of allylic oxidation sites excluding steroid dienone is 2. The Balaban J connectivity index is 1.10. The van der Waals surface area contributed by atoms with E-state index < -0.39 is 11.9 Å². The third kappa shape index (κ3) is 4.33. The summed E-state index contributed by atoms with van der Waals surface area (Å²) in [6.45, 7) is 2.71. The second-order valence-electron chi connectivity index (χ2n) is 13.8. The number of likely N-dealkylation sites (tertiary alicyclic amines) is 1. The Kier molecular flexibility index (Phi) is 7.09. The van der Waals surface area contributed by atoms with Crippen LogP contribution in [0.5, 0.6) is 23.0 Å². The Bertz CT molecular complexity index is 2530. The van der Waals surface area contributed by atoms with Crippen LogP contribution in [0.4, 0.5) is 16.2 Å². The molecule has 9 rings (SSSR count). The van der Waals surface area contributed by atoms with Crippen LogP contribution >= 0.6 is 11.6 Å². The minimum atomic E-state index is -0.720. The molecule has 2 aromatic carbocycles. The number of hydrogen-bond acceptors (Lipinski definition) is 8. The highest BCUT2D eigenvalue weighted by atomic mass is 35.5. The summed E-state index contributed by atoms with van der Waals surface area (Å²) in [4.78, 5) is 67.4. The maximum Gasteiger partial charge on any atom is 0.319 e. The number of benzene rings is 2. The molecule has 7 N–H and O–H groups in total. The first kappa shape index (κ1) is 32.8. The normalized spacial score (nSPS) is 18.8. The molecule has 2 atom stereocenters. The van der Waals surface area contributed by atoms with Gasteiger partial charge in [-0.3, -0.25) is 19.3 Å². The van der Waals surface area contributed by atoms with Crippen LogP contribution in [0, 0.1) is 12.8 Å². The smallest absolute Gasteiger partial charge is 0.319 e. The number of nitrogens with one attached hydrogen (secondary N) is 3. The van der Waals surface area contributed by atoms with Gasteiger partial charge in [0.15, 0.2) is 23.0 Å². The molecule has 5 aromatic rings. The number of amides is 4. The van der Waals surface area contributed by atoms with Crippen molar-refractivity contribution >= 4 is 68.4 Å². The van der Waals surface area contributed by atoms with Crippen molar-refractivity contribution in [3.05, 3.63) is 69.4 Å². The number of aryl methyl sites for hydroxylation is 1. The largest absolute Gasteiger partial charge is 0.503 e. The van der Waals surface area contributed by atoms with Crippen LogP contribution in [0.2, 0.25) is 0 Å². The fraction of sp³-hybridized carbons (Fsp3) is 0.297. The molecule has 1 unspecified atom stereocenters. The fourth-order valence-corrected chi connectivity index (χ4v) is 9.20. The molecule has 0 spiro atoms. The maximum absolute atomic E-state index is 14.3. The van der Waals surface area contributed by atoms with Gasteiger partial charge in [-0.1, -0.05) is 0 Å². The lowest BCUT2D eigenvalue weighted by Crippen LogP contribution is -2.34. The van der Waals surface area contributed by atoms with Crippen LogP contribution in [-0.2, 0) is 12.8 Å². The second kappa shape index (κ2) is 11.5. The van der Waals surface area contributed by atoms with Gasteiger partial charge in [-0.25, -0.2) is 4.79 Å². The monoisotopic (exact) mass is 739 g/mol. The summed E-state index contributed by atoms with van der Waals surface area (Å²) in [6, 6.07) is 2.61. The standard InChI is InChI=1S/C37H34ClN7O8/c1-14-12-40-28-23(46)10-22-25(24(14)28)15(11-38)13-45(22)36(50)21-9-18-16-4-6-43(29(16)31(47)33(52-2)26(18)42-21)35(49)20-8-19-17-5-7-44(37(39)51)30(17)32(48)34(53-3)27(19)41-20/h8-10,12,15,25,40-42,47-48H,4-7,11,13H2,1-3H3,(H2,39,51)/t15-,25?/m0/s1. The van der Waals surface area contributed by atoms with E-state index in [0.29, 0.717) is 63.7 Å². The van der Waals surface area contributed by atoms with Crippen molar-refractivity contribution in [2.75, 3.05) is 49.5 Å². The summed E-state index contributed by atoms with van der Waals surface area (Å²) < 4.78 is 11.2. The highest BCUT2D eigenvalue weighted by Gasteiger charge is 2.46. The lowest BCUT2D eigenvalue weighted by molar-refractivity contribution is 0.0814. The number of methoxy groups -OCH3 is 2. The quantitative estimate of drug-likeness (QED) is 0.141. The zero-order valence-electron chi connectivity index (χ0n) is 28.8. The number of phenolic OH excluding ortho intramolecular Hbond substituents is 2. The summed E-state index contributed by atoms with van der Waals surface area (Å²) >= 11 is 6.44. The molecule has 0 bridgehead atoms. The molecule has 3 aromatic heterocycles. The molecule has 6 heterocycles. The lowest BCUT2D eigenvalue weighted by atomic mass is 9.81. The number of hydrogen-bond donors (Lipinski definition) is 6. The molecule has 0 radical (unpaired) electrons. The Hall–Kier alpha value is -6.09. The number of aromatic hydroxyl groups is 2. The molecule has 16 heteroatoms. The number of carbonyl (C=O) groups excluding carboxylic acids is 4. The highest BCUT2D eigenvalue weighted by Crippen LogP contribution is 2.52. The number of ether oxygens (including phenoxy) is 2. The van der Waals surface area contributed by atoms with Crippen molar-refractivity contribution in [1.82, 2.24) is 19.9 Å². The van der Waals surface area contributed by atoms with Gasteiger partial charge in [0.2, 0.25) is 5.78 Å². The van der Waals surface area contributed by atoms with Gasteiger partial charge in [0, 0.05) is 66.1 Å². The molecule has 1 aliphatic carbocycles. The third-order valence-electron chi connectivity index (χ3n) is 11.2. The molecule has 3 aliphatic heterocycles. The molecule has 4 aliphatic rings. The van der Waals surface area contributed by atoms with Gasteiger partial charge >= 0.3 is 6.03 Å². The molecule has 0 saturated carbocycles. The van der Waals surface area contributed by atoms with Crippen LogP contribution in [0.3, 0.4) is 0 Å². The second-order valence-corrected chi connectivity index (χ2v) is 14.1. The van der Waals surface area contributed by atoms with E-state index in [2.05, 4.69) is 15.0 Å². The predicted octanol–water partition coefficient (Wildman–Crippen LogP) is 4.53. The third-order valence-corrected chi connectivity index (χ3v) is 11.6. The molecule has 15 nitrogen and oxygen atoms in total. The molecular formula is C37H34ClN7O8. The average Bonchev–Trinajstić information content (AvgIpc) is 3.98. The summed E-state index contributed by atoms with van der Waals surface area (Å²) in [5.74, 6) is -1.51.